The zero-order valence-corrected chi connectivity index (χ0v) is 18.3. The molecule has 30 heavy (non-hydrogen) atoms. The maximum absolute atomic E-state index is 11.0. The average Bonchev–Trinajstić information content (AvgIpc) is 3.08. The van der Waals surface area contributed by atoms with Crippen LogP contribution >= 0.6 is 15.9 Å². The van der Waals surface area contributed by atoms with Crippen molar-refractivity contribution in [1.82, 2.24) is 4.57 Å². The Bertz CT molecular complexity index is 1410. The van der Waals surface area contributed by atoms with Gasteiger partial charge in [-0.2, -0.15) is 0 Å². The van der Waals surface area contributed by atoms with E-state index in [2.05, 4.69) is 69.0 Å². The molecule has 5 rings (SSSR count). The van der Waals surface area contributed by atoms with Gasteiger partial charge >= 0.3 is 0 Å². The average molecular weight is 475 g/mol. The Kier molecular flexibility index (Phi) is 5.03. The minimum absolute atomic E-state index is 0.0305. The Labute approximate surface area is 185 Å². The van der Waals surface area contributed by atoms with Gasteiger partial charge in [0.25, 0.3) is 0 Å². The molecular weight excluding hydrogens is 458 g/mol. The van der Waals surface area contributed by atoms with Crippen LogP contribution in [-0.4, -0.2) is 13.3 Å². The maximum Gasteiger partial charge on any atom is 0.0541 e. The third-order valence-corrected chi connectivity index (χ3v) is 6.60. The number of aromatic nitrogens is 1. The largest absolute Gasteiger partial charge is 0.772 e. The van der Waals surface area contributed by atoms with Crippen LogP contribution in [0.5, 0.6) is 0 Å². The molecule has 3 nitrogen and oxygen atoms in total. The third-order valence-electron chi connectivity index (χ3n) is 5.34. The van der Waals surface area contributed by atoms with E-state index in [1.165, 1.54) is 10.8 Å². The smallest absolute Gasteiger partial charge is 0.0541 e. The fraction of sp³-hybridized carbons (Fsp3) is 0.0400. The minimum Gasteiger partial charge on any atom is -0.772 e. The number of rotatable bonds is 4. The second-order valence-electron chi connectivity index (χ2n) is 7.18. The van der Waals surface area contributed by atoms with Gasteiger partial charge in [-0.1, -0.05) is 81.6 Å². The number of halogens is 1. The van der Waals surface area contributed by atoms with E-state index in [1.54, 1.807) is 0 Å². The lowest BCUT2D eigenvalue weighted by Gasteiger charge is -2.10. The van der Waals surface area contributed by atoms with Crippen LogP contribution in [0.25, 0.3) is 38.6 Å². The summed E-state index contributed by atoms with van der Waals surface area (Å²) in [5.74, 6) is 0.0305. The van der Waals surface area contributed by atoms with Gasteiger partial charge in [0.2, 0.25) is 0 Å². The monoisotopic (exact) mass is 474 g/mol. The van der Waals surface area contributed by atoms with Gasteiger partial charge in [0.05, 0.1) is 11.0 Å². The van der Waals surface area contributed by atoms with Crippen molar-refractivity contribution in [2.24, 2.45) is 0 Å². The third kappa shape index (κ3) is 3.39. The van der Waals surface area contributed by atoms with Crippen LogP contribution in [0.1, 0.15) is 5.56 Å². The molecule has 0 bridgehead atoms. The van der Waals surface area contributed by atoms with Crippen molar-refractivity contribution in [3.63, 3.8) is 0 Å². The van der Waals surface area contributed by atoms with Gasteiger partial charge in [-0.15, -0.1) is 0 Å². The van der Waals surface area contributed by atoms with Crippen LogP contribution in [0.4, 0.5) is 0 Å². The Morgan fingerprint density at radius 2 is 1.50 bits per heavy atom. The lowest BCUT2D eigenvalue weighted by molar-refractivity contribution is 0.536. The first-order valence-electron chi connectivity index (χ1n) is 9.55. The van der Waals surface area contributed by atoms with Gasteiger partial charge in [0.15, 0.2) is 0 Å². The summed E-state index contributed by atoms with van der Waals surface area (Å²) in [5, 5.41) is 2.37. The molecule has 0 saturated heterocycles. The van der Waals surface area contributed by atoms with Crippen molar-refractivity contribution in [2.75, 3.05) is 0 Å². The summed E-state index contributed by atoms with van der Waals surface area (Å²) in [4.78, 5) is 0. The Morgan fingerprint density at radius 3 is 2.27 bits per heavy atom. The summed E-state index contributed by atoms with van der Waals surface area (Å²) in [6.07, 6.45) is 0. The first-order chi connectivity index (χ1) is 14.6. The molecule has 148 valence electrons. The molecular formula is C25H17BrNO2S-. The Balaban J connectivity index is 1.72. The molecule has 0 radical (unpaired) electrons. The first-order valence-corrected chi connectivity index (χ1v) is 11.6. The van der Waals surface area contributed by atoms with Crippen LogP contribution < -0.4 is 0 Å². The minimum atomic E-state index is -2.09. The SMILES string of the molecule is O=S([O-])Cc1ccc(-n2c3ccccc3c3cc(-c4ccccc4Br)ccc32)cc1. The molecule has 1 unspecified atom stereocenters. The van der Waals surface area contributed by atoms with Gasteiger partial charge in [0, 0.05) is 26.7 Å². The maximum atomic E-state index is 11.0. The number of hydrogen-bond donors (Lipinski definition) is 0. The zero-order valence-electron chi connectivity index (χ0n) is 15.9. The van der Waals surface area contributed by atoms with Gasteiger partial charge in [-0.25, -0.2) is 0 Å². The quantitative estimate of drug-likeness (QED) is 0.275. The summed E-state index contributed by atoms with van der Waals surface area (Å²) < 4.78 is 25.3. The molecule has 1 atom stereocenters. The Morgan fingerprint density at radius 1 is 0.800 bits per heavy atom. The summed E-state index contributed by atoms with van der Waals surface area (Å²) >= 11 is 1.58. The van der Waals surface area contributed by atoms with E-state index in [1.807, 2.05) is 42.5 Å². The number of fused-ring (bicyclic) bond motifs is 3. The van der Waals surface area contributed by atoms with Crippen LogP contribution in [-0.2, 0) is 16.8 Å². The predicted molar refractivity (Wildman–Crippen MR) is 127 cm³/mol. The molecule has 0 N–H and O–H groups in total. The van der Waals surface area contributed by atoms with Gasteiger partial charge < -0.3 is 9.12 Å². The van der Waals surface area contributed by atoms with Crippen molar-refractivity contribution in [2.45, 2.75) is 5.75 Å². The lowest BCUT2D eigenvalue weighted by atomic mass is 10.0. The number of nitrogens with zero attached hydrogens (tertiary/aromatic N) is 1. The number of para-hydroxylation sites is 1. The van der Waals surface area contributed by atoms with E-state index < -0.39 is 11.1 Å². The van der Waals surface area contributed by atoms with Crippen molar-refractivity contribution in [3.8, 4) is 16.8 Å². The van der Waals surface area contributed by atoms with Crippen LogP contribution in [0.2, 0.25) is 0 Å². The fourth-order valence-corrected chi connectivity index (χ4v) is 4.97. The molecule has 0 fully saturated rings. The molecule has 1 aromatic heterocycles. The van der Waals surface area contributed by atoms with Gasteiger partial charge in [0.1, 0.15) is 0 Å². The molecule has 0 aliphatic carbocycles. The number of hydrogen-bond acceptors (Lipinski definition) is 2. The summed E-state index contributed by atoms with van der Waals surface area (Å²) in [5.41, 5.74) is 6.35. The van der Waals surface area contributed by atoms with E-state index in [9.17, 15) is 8.76 Å². The predicted octanol–water partition coefficient (Wildman–Crippen LogP) is 6.59. The van der Waals surface area contributed by atoms with E-state index >= 15 is 0 Å². The van der Waals surface area contributed by atoms with Crippen LogP contribution in [0.3, 0.4) is 0 Å². The number of benzene rings is 4. The molecule has 5 aromatic rings. The standard InChI is InChI=1S/C25H18BrNO2S/c26-23-7-3-1-5-20(23)18-11-14-25-22(15-18)21-6-2-4-8-24(21)27(25)19-12-9-17(10-13-19)16-30(28)29/h1-15H,16H2,(H,28,29)/p-1. The van der Waals surface area contributed by atoms with Crippen LogP contribution in [0.15, 0.2) is 95.5 Å². The molecule has 0 amide bonds. The zero-order chi connectivity index (χ0) is 20.7. The lowest BCUT2D eigenvalue weighted by Crippen LogP contribution is -1.96. The van der Waals surface area contributed by atoms with Crippen molar-refractivity contribution >= 4 is 48.8 Å². The fourth-order valence-electron chi connectivity index (χ4n) is 3.99. The molecule has 0 saturated carbocycles. The van der Waals surface area contributed by atoms with Crippen molar-refractivity contribution < 1.29 is 8.76 Å². The first kappa shape index (κ1) is 19.2. The summed E-state index contributed by atoms with van der Waals surface area (Å²) in [6.45, 7) is 0. The van der Waals surface area contributed by atoms with E-state index in [-0.39, 0.29) is 5.75 Å². The second kappa shape index (κ2) is 7.84. The highest BCUT2D eigenvalue weighted by Gasteiger charge is 2.13. The topological polar surface area (TPSA) is 45.1 Å². The highest BCUT2D eigenvalue weighted by molar-refractivity contribution is 9.10. The van der Waals surface area contributed by atoms with Crippen molar-refractivity contribution in [3.05, 3.63) is 101 Å². The highest BCUT2D eigenvalue weighted by Crippen LogP contribution is 2.36. The van der Waals surface area contributed by atoms with E-state index in [0.717, 1.165) is 37.9 Å². The summed E-state index contributed by atoms with van der Waals surface area (Å²) in [6, 6.07) is 30.9. The second-order valence-corrected chi connectivity index (χ2v) is 8.93. The molecule has 0 aliphatic rings. The molecule has 0 spiro atoms. The molecule has 5 heteroatoms. The van der Waals surface area contributed by atoms with Gasteiger partial charge in [-0.05, 0) is 53.1 Å². The van der Waals surface area contributed by atoms with Crippen LogP contribution in [0, 0.1) is 0 Å². The Hall–Kier alpha value is -2.73. The molecule has 0 aliphatic heterocycles. The molecule has 1 heterocycles. The normalized spacial score (nSPS) is 12.5. The summed E-state index contributed by atoms with van der Waals surface area (Å²) in [7, 11) is 0. The molecule has 4 aromatic carbocycles. The highest BCUT2D eigenvalue weighted by atomic mass is 79.9. The van der Waals surface area contributed by atoms with Gasteiger partial charge in [-0.3, -0.25) is 4.21 Å². The van der Waals surface area contributed by atoms with E-state index in [4.69, 9.17) is 0 Å². The van der Waals surface area contributed by atoms with E-state index in [0.29, 0.717) is 0 Å². The van der Waals surface area contributed by atoms with Crippen molar-refractivity contribution in [1.29, 1.82) is 0 Å².